The van der Waals surface area contributed by atoms with Gasteiger partial charge in [0.15, 0.2) is 0 Å². The van der Waals surface area contributed by atoms with E-state index >= 15 is 0 Å². The van der Waals surface area contributed by atoms with Crippen LogP contribution in [-0.4, -0.2) is 35.0 Å². The molecule has 4 rings (SSSR count). The molecule has 6 heteroatoms. The summed E-state index contributed by atoms with van der Waals surface area (Å²) in [6, 6.07) is 5.28. The average molecular weight is 293 g/mol. The van der Waals surface area contributed by atoms with Gasteiger partial charge in [-0.05, 0) is 17.5 Å². The van der Waals surface area contributed by atoms with Gasteiger partial charge in [-0.3, -0.25) is 14.8 Å². The maximum absolute atomic E-state index is 12.8. The van der Waals surface area contributed by atoms with E-state index in [2.05, 4.69) is 15.0 Å². The fraction of sp³-hybridized carbons (Fsp3) is 0.125. The first-order valence-electron chi connectivity index (χ1n) is 6.66. The van der Waals surface area contributed by atoms with Crippen LogP contribution in [0.25, 0.3) is 22.2 Å². The minimum absolute atomic E-state index is 0.215. The molecule has 1 aliphatic rings. The van der Waals surface area contributed by atoms with Gasteiger partial charge in [0.25, 0.3) is 0 Å². The van der Waals surface area contributed by atoms with Crippen LogP contribution >= 0.6 is 0 Å². The number of carbonyl (C=O) groups excluding carboxylic acids is 1. The van der Waals surface area contributed by atoms with E-state index in [1.54, 1.807) is 18.5 Å². The molecule has 0 N–H and O–H groups in total. The van der Waals surface area contributed by atoms with Crippen LogP contribution in [0.5, 0.6) is 11.6 Å². The zero-order valence-electron chi connectivity index (χ0n) is 12.0. The van der Waals surface area contributed by atoms with E-state index in [1.807, 2.05) is 12.1 Å². The van der Waals surface area contributed by atoms with Crippen molar-refractivity contribution in [1.29, 1.82) is 0 Å². The molecule has 3 aromatic heterocycles. The molecule has 108 valence electrons. The van der Waals surface area contributed by atoms with E-state index in [9.17, 15) is 4.79 Å². The largest absolute Gasteiger partial charge is 0.496 e. The Morgan fingerprint density at radius 3 is 2.36 bits per heavy atom. The Hall–Kier alpha value is -3.02. The number of nitrogens with zero attached hydrogens (tertiary/aromatic N) is 3. The van der Waals surface area contributed by atoms with Crippen LogP contribution in [-0.2, 0) is 0 Å². The van der Waals surface area contributed by atoms with E-state index in [0.29, 0.717) is 39.7 Å². The second-order valence-corrected chi connectivity index (χ2v) is 4.84. The fourth-order valence-corrected chi connectivity index (χ4v) is 2.75. The lowest BCUT2D eigenvalue weighted by molar-refractivity contribution is 0.103. The predicted octanol–water partition coefficient (Wildman–Crippen LogP) is 2.25. The Kier molecular flexibility index (Phi) is 2.59. The highest BCUT2D eigenvalue weighted by molar-refractivity contribution is 6.24. The predicted molar refractivity (Wildman–Crippen MR) is 79.3 cm³/mol. The summed E-state index contributed by atoms with van der Waals surface area (Å²) >= 11 is 0. The molecule has 0 bridgehead atoms. The third-order valence-electron chi connectivity index (χ3n) is 3.73. The Balaban J connectivity index is 2.19. The zero-order valence-corrected chi connectivity index (χ0v) is 12.0. The van der Waals surface area contributed by atoms with Crippen LogP contribution < -0.4 is 9.47 Å². The molecule has 6 nitrogen and oxygen atoms in total. The van der Waals surface area contributed by atoms with Crippen molar-refractivity contribution in [3.63, 3.8) is 0 Å². The second-order valence-electron chi connectivity index (χ2n) is 4.84. The number of fused-ring (bicyclic) bond motifs is 2. The molecule has 3 aromatic rings. The van der Waals surface area contributed by atoms with Gasteiger partial charge in [-0.25, -0.2) is 4.98 Å². The van der Waals surface area contributed by atoms with Gasteiger partial charge in [0.2, 0.25) is 11.7 Å². The molecule has 0 unspecified atom stereocenters. The first kappa shape index (κ1) is 12.7. The van der Waals surface area contributed by atoms with Crippen molar-refractivity contribution in [1.82, 2.24) is 15.0 Å². The van der Waals surface area contributed by atoms with Gasteiger partial charge < -0.3 is 9.47 Å². The van der Waals surface area contributed by atoms with Crippen molar-refractivity contribution in [2.45, 2.75) is 0 Å². The minimum Gasteiger partial charge on any atom is -0.496 e. The first-order chi connectivity index (χ1) is 10.7. The number of hydrogen-bond acceptors (Lipinski definition) is 6. The minimum atomic E-state index is -0.215. The third kappa shape index (κ3) is 1.54. The van der Waals surface area contributed by atoms with Crippen molar-refractivity contribution in [2.75, 3.05) is 14.2 Å². The molecule has 22 heavy (non-hydrogen) atoms. The highest BCUT2D eigenvalue weighted by atomic mass is 16.5. The number of ketones is 1. The topological polar surface area (TPSA) is 74.2 Å². The lowest BCUT2D eigenvalue weighted by atomic mass is 9.91. The third-order valence-corrected chi connectivity index (χ3v) is 3.73. The number of aromatic nitrogens is 3. The molecule has 0 spiro atoms. The lowest BCUT2D eigenvalue weighted by Crippen LogP contribution is -2.15. The smallest absolute Gasteiger partial charge is 0.218 e. The standard InChI is InChI=1S/C16H11N3O3/c1-21-9-7-10(22-2)19-14-12(9)16(20)15-11-8(4-6-18-15)3-5-17-13(11)14/h3-7H,1-2H3. The van der Waals surface area contributed by atoms with Crippen molar-refractivity contribution >= 4 is 16.6 Å². The summed E-state index contributed by atoms with van der Waals surface area (Å²) in [5.41, 5.74) is 1.83. The average Bonchev–Trinajstić information content (AvgIpc) is 2.58. The molecule has 0 amide bonds. The van der Waals surface area contributed by atoms with Gasteiger partial charge in [-0.2, -0.15) is 0 Å². The van der Waals surface area contributed by atoms with Gasteiger partial charge in [0.05, 0.1) is 25.5 Å². The van der Waals surface area contributed by atoms with Crippen molar-refractivity contribution in [3.05, 3.63) is 41.9 Å². The Labute approximate surface area is 125 Å². The van der Waals surface area contributed by atoms with Gasteiger partial charge in [0.1, 0.15) is 17.1 Å². The first-order valence-corrected chi connectivity index (χ1v) is 6.66. The SMILES string of the molecule is COc1cc(OC)c2c(n1)-c1nccc3ccnc(c13)C2=O. The van der Waals surface area contributed by atoms with E-state index in [0.717, 1.165) is 5.39 Å². The molecular formula is C16H11N3O3. The molecule has 3 heterocycles. The maximum atomic E-state index is 12.8. The lowest BCUT2D eigenvalue weighted by Gasteiger charge is -2.19. The van der Waals surface area contributed by atoms with E-state index in [1.165, 1.54) is 14.2 Å². The second kappa shape index (κ2) is 4.49. The fourth-order valence-electron chi connectivity index (χ4n) is 2.75. The Morgan fingerprint density at radius 2 is 1.68 bits per heavy atom. The maximum Gasteiger partial charge on any atom is 0.218 e. The summed E-state index contributed by atoms with van der Waals surface area (Å²) in [6.07, 6.45) is 3.31. The molecule has 0 aromatic carbocycles. The number of ether oxygens (including phenoxy) is 2. The normalized spacial score (nSPS) is 12.2. The van der Waals surface area contributed by atoms with Crippen LogP contribution in [0, 0.1) is 0 Å². The number of hydrogen-bond donors (Lipinski definition) is 0. The summed E-state index contributed by atoms with van der Waals surface area (Å²) in [5, 5.41) is 1.61. The van der Waals surface area contributed by atoms with Crippen molar-refractivity contribution in [3.8, 4) is 23.0 Å². The quantitative estimate of drug-likeness (QED) is 0.564. The van der Waals surface area contributed by atoms with Crippen LogP contribution in [0.1, 0.15) is 16.1 Å². The van der Waals surface area contributed by atoms with Crippen LogP contribution in [0.15, 0.2) is 30.6 Å². The van der Waals surface area contributed by atoms with Crippen LogP contribution in [0.4, 0.5) is 0 Å². The van der Waals surface area contributed by atoms with Crippen LogP contribution in [0.2, 0.25) is 0 Å². The van der Waals surface area contributed by atoms with Crippen molar-refractivity contribution < 1.29 is 14.3 Å². The molecular weight excluding hydrogens is 282 g/mol. The number of pyridine rings is 3. The highest BCUT2D eigenvalue weighted by Gasteiger charge is 2.32. The molecule has 0 aliphatic heterocycles. The number of methoxy groups -OCH3 is 2. The van der Waals surface area contributed by atoms with E-state index in [4.69, 9.17) is 9.47 Å². The molecule has 0 radical (unpaired) electrons. The summed E-state index contributed by atoms with van der Waals surface area (Å²) in [5.74, 6) is 0.560. The zero-order chi connectivity index (χ0) is 15.3. The molecule has 0 saturated carbocycles. The number of carbonyl (C=O) groups is 1. The van der Waals surface area contributed by atoms with Crippen LogP contribution in [0.3, 0.4) is 0 Å². The van der Waals surface area contributed by atoms with Gasteiger partial charge in [0, 0.05) is 23.8 Å². The van der Waals surface area contributed by atoms with Gasteiger partial charge in [-0.15, -0.1) is 0 Å². The van der Waals surface area contributed by atoms with Crippen molar-refractivity contribution in [2.24, 2.45) is 0 Å². The summed E-state index contributed by atoms with van der Waals surface area (Å²) in [4.78, 5) is 25.9. The van der Waals surface area contributed by atoms with Gasteiger partial charge >= 0.3 is 0 Å². The summed E-state index contributed by atoms with van der Waals surface area (Å²) in [7, 11) is 3.02. The Morgan fingerprint density at radius 1 is 0.955 bits per heavy atom. The van der Waals surface area contributed by atoms with E-state index < -0.39 is 0 Å². The molecule has 0 fully saturated rings. The van der Waals surface area contributed by atoms with E-state index in [-0.39, 0.29) is 5.78 Å². The Bertz CT molecular complexity index is 932. The number of rotatable bonds is 2. The molecule has 1 aliphatic carbocycles. The highest BCUT2D eigenvalue weighted by Crippen LogP contribution is 2.40. The summed E-state index contributed by atoms with van der Waals surface area (Å²) in [6.45, 7) is 0. The monoisotopic (exact) mass is 293 g/mol. The summed E-state index contributed by atoms with van der Waals surface area (Å²) < 4.78 is 10.5. The molecule has 0 saturated heterocycles. The molecule has 0 atom stereocenters. The van der Waals surface area contributed by atoms with Gasteiger partial charge in [-0.1, -0.05) is 0 Å².